The summed E-state index contributed by atoms with van der Waals surface area (Å²) in [5.74, 6) is -5.69. The van der Waals surface area contributed by atoms with E-state index in [9.17, 15) is 31.1 Å². The molecule has 2 aromatic carbocycles. The highest BCUT2D eigenvalue weighted by Gasteiger charge is 2.40. The number of halogens is 6. The highest BCUT2D eigenvalue weighted by atomic mass is 19.4. The summed E-state index contributed by atoms with van der Waals surface area (Å²) < 4.78 is 81.2. The molecule has 0 aliphatic carbocycles. The molecular weight excluding hydrogens is 388 g/mol. The highest BCUT2D eigenvalue weighted by Crippen LogP contribution is 2.34. The van der Waals surface area contributed by atoms with Gasteiger partial charge in [-0.05, 0) is 19.1 Å². The highest BCUT2D eigenvalue weighted by molar-refractivity contribution is 6.05. The molecule has 0 aliphatic rings. The number of anilines is 1. The fourth-order valence-corrected chi connectivity index (χ4v) is 2.48. The number of amides is 1. The van der Waals surface area contributed by atoms with Gasteiger partial charge in [0.05, 0.1) is 23.1 Å². The van der Waals surface area contributed by atoms with E-state index in [1.807, 2.05) is 5.32 Å². The van der Waals surface area contributed by atoms with Gasteiger partial charge in [-0.25, -0.2) is 17.9 Å². The molecule has 0 spiro atoms. The minimum atomic E-state index is -4.97. The van der Waals surface area contributed by atoms with Crippen molar-refractivity contribution < 1.29 is 31.1 Å². The second-order valence-corrected chi connectivity index (χ2v) is 5.85. The Labute approximate surface area is 154 Å². The first-order chi connectivity index (χ1) is 13.1. The molecule has 3 aromatic rings. The van der Waals surface area contributed by atoms with Crippen LogP contribution in [0.1, 0.15) is 21.6 Å². The van der Waals surface area contributed by atoms with Gasteiger partial charge in [0, 0.05) is 12.1 Å². The van der Waals surface area contributed by atoms with E-state index in [1.54, 1.807) is 19.1 Å². The van der Waals surface area contributed by atoms with Crippen molar-refractivity contribution in [3.63, 3.8) is 0 Å². The maximum absolute atomic E-state index is 13.7. The molecule has 3 rings (SSSR count). The minimum Gasteiger partial charge on any atom is -0.319 e. The summed E-state index contributed by atoms with van der Waals surface area (Å²) in [5.41, 5.74) is -2.25. The molecule has 1 aromatic heterocycles. The SMILES string of the molecule is Cc1ccc(-n2ncc(C(=O)Nc3cc(F)c(F)cc3F)c2C(F)(F)F)cc1. The summed E-state index contributed by atoms with van der Waals surface area (Å²) in [6, 6.07) is 6.40. The van der Waals surface area contributed by atoms with Gasteiger partial charge in [-0.15, -0.1) is 0 Å². The van der Waals surface area contributed by atoms with Crippen LogP contribution in [0.25, 0.3) is 5.69 Å². The molecule has 146 valence electrons. The maximum atomic E-state index is 13.7. The Morgan fingerprint density at radius 2 is 1.61 bits per heavy atom. The van der Waals surface area contributed by atoms with Gasteiger partial charge in [-0.2, -0.15) is 18.3 Å². The van der Waals surface area contributed by atoms with Crippen molar-refractivity contribution in [2.75, 3.05) is 5.32 Å². The first kappa shape index (κ1) is 19.5. The summed E-state index contributed by atoms with van der Waals surface area (Å²) >= 11 is 0. The fourth-order valence-electron chi connectivity index (χ4n) is 2.48. The van der Waals surface area contributed by atoms with Crippen molar-refractivity contribution in [2.45, 2.75) is 13.1 Å². The van der Waals surface area contributed by atoms with Crippen molar-refractivity contribution in [3.8, 4) is 5.69 Å². The van der Waals surface area contributed by atoms with Crippen LogP contribution in [0.15, 0.2) is 42.6 Å². The van der Waals surface area contributed by atoms with Gasteiger partial charge in [0.2, 0.25) is 0 Å². The first-order valence-electron chi connectivity index (χ1n) is 7.76. The molecule has 0 saturated carbocycles. The van der Waals surface area contributed by atoms with E-state index in [1.165, 1.54) is 12.1 Å². The van der Waals surface area contributed by atoms with Crippen molar-refractivity contribution >= 4 is 11.6 Å². The number of aryl methyl sites for hydroxylation is 1. The largest absolute Gasteiger partial charge is 0.434 e. The lowest BCUT2D eigenvalue weighted by Gasteiger charge is -2.13. The number of carbonyl (C=O) groups is 1. The lowest BCUT2D eigenvalue weighted by molar-refractivity contribution is -0.143. The molecular formula is C18H11F6N3O. The zero-order valence-electron chi connectivity index (χ0n) is 14.1. The number of rotatable bonds is 3. The van der Waals surface area contributed by atoms with Gasteiger partial charge in [-0.1, -0.05) is 17.7 Å². The third-order valence-corrected chi connectivity index (χ3v) is 3.82. The van der Waals surface area contributed by atoms with Gasteiger partial charge >= 0.3 is 6.18 Å². The molecule has 0 radical (unpaired) electrons. The normalized spacial score (nSPS) is 11.5. The van der Waals surface area contributed by atoms with Gasteiger partial charge in [0.15, 0.2) is 17.3 Å². The summed E-state index contributed by atoms with van der Waals surface area (Å²) in [4.78, 5) is 12.3. The molecule has 1 N–H and O–H groups in total. The van der Waals surface area contributed by atoms with Gasteiger partial charge in [0.1, 0.15) is 5.82 Å². The Balaban J connectivity index is 2.03. The van der Waals surface area contributed by atoms with Crippen LogP contribution in [0.2, 0.25) is 0 Å². The molecule has 0 unspecified atom stereocenters. The van der Waals surface area contributed by atoms with Crippen LogP contribution in [0.5, 0.6) is 0 Å². The van der Waals surface area contributed by atoms with Crippen molar-refractivity contribution in [1.82, 2.24) is 9.78 Å². The molecule has 28 heavy (non-hydrogen) atoms. The van der Waals surface area contributed by atoms with E-state index >= 15 is 0 Å². The van der Waals surface area contributed by atoms with Crippen LogP contribution in [0, 0.1) is 24.4 Å². The molecule has 0 aliphatic heterocycles. The molecule has 1 heterocycles. The third-order valence-electron chi connectivity index (χ3n) is 3.82. The Kier molecular flexibility index (Phi) is 4.88. The number of alkyl halides is 3. The molecule has 10 heteroatoms. The average molecular weight is 399 g/mol. The van der Waals surface area contributed by atoms with Crippen LogP contribution >= 0.6 is 0 Å². The van der Waals surface area contributed by atoms with Crippen LogP contribution in [0.4, 0.5) is 32.0 Å². The average Bonchev–Trinajstić information content (AvgIpc) is 3.06. The standard InChI is InChI=1S/C18H11F6N3O/c1-9-2-4-10(5-3-9)27-16(18(22,23)24)11(8-25-27)17(28)26-15-7-13(20)12(19)6-14(15)21/h2-8H,1H3,(H,26,28). The second kappa shape index (κ2) is 7.02. The molecule has 0 atom stereocenters. The van der Waals surface area contributed by atoms with Crippen molar-refractivity contribution in [2.24, 2.45) is 0 Å². The Morgan fingerprint density at radius 1 is 1.00 bits per heavy atom. The third kappa shape index (κ3) is 3.71. The zero-order valence-corrected chi connectivity index (χ0v) is 14.1. The van der Waals surface area contributed by atoms with Crippen LogP contribution in [-0.4, -0.2) is 15.7 Å². The van der Waals surface area contributed by atoms with Crippen LogP contribution in [-0.2, 0) is 6.18 Å². The van der Waals surface area contributed by atoms with Crippen LogP contribution in [0.3, 0.4) is 0 Å². The van der Waals surface area contributed by atoms with E-state index in [-0.39, 0.29) is 11.8 Å². The summed E-state index contributed by atoms with van der Waals surface area (Å²) in [6.45, 7) is 1.74. The van der Waals surface area contributed by atoms with E-state index in [0.29, 0.717) is 16.9 Å². The van der Waals surface area contributed by atoms with Crippen LogP contribution < -0.4 is 5.32 Å². The zero-order chi connectivity index (χ0) is 20.6. The molecule has 1 amide bonds. The lowest BCUT2D eigenvalue weighted by Crippen LogP contribution is -2.21. The van der Waals surface area contributed by atoms with E-state index in [4.69, 9.17) is 0 Å². The van der Waals surface area contributed by atoms with Gasteiger partial charge in [-0.3, -0.25) is 4.79 Å². The first-order valence-corrected chi connectivity index (χ1v) is 7.76. The van der Waals surface area contributed by atoms with E-state index < -0.39 is 46.5 Å². The second-order valence-electron chi connectivity index (χ2n) is 5.85. The van der Waals surface area contributed by atoms with Crippen molar-refractivity contribution in [1.29, 1.82) is 0 Å². The predicted molar refractivity (Wildman–Crippen MR) is 87.6 cm³/mol. The van der Waals surface area contributed by atoms with Gasteiger partial charge < -0.3 is 5.32 Å². The topological polar surface area (TPSA) is 46.9 Å². The smallest absolute Gasteiger partial charge is 0.319 e. The Hall–Kier alpha value is -3.30. The molecule has 4 nitrogen and oxygen atoms in total. The summed E-state index contributed by atoms with van der Waals surface area (Å²) in [7, 11) is 0. The number of hydrogen-bond acceptors (Lipinski definition) is 2. The molecule has 0 bridgehead atoms. The number of carbonyl (C=O) groups excluding carboxylic acids is 1. The van der Waals surface area contributed by atoms with E-state index in [2.05, 4.69) is 5.10 Å². The number of aromatic nitrogens is 2. The van der Waals surface area contributed by atoms with Gasteiger partial charge in [0.25, 0.3) is 5.91 Å². The molecule has 0 fully saturated rings. The fraction of sp³-hybridized carbons (Fsp3) is 0.111. The number of nitrogens with zero attached hydrogens (tertiary/aromatic N) is 2. The number of benzene rings is 2. The molecule has 0 saturated heterocycles. The number of nitrogens with one attached hydrogen (secondary N) is 1. The quantitative estimate of drug-likeness (QED) is 0.505. The van der Waals surface area contributed by atoms with E-state index in [0.717, 1.165) is 5.56 Å². The number of hydrogen-bond donors (Lipinski definition) is 1. The lowest BCUT2D eigenvalue weighted by atomic mass is 10.2. The summed E-state index contributed by atoms with van der Waals surface area (Å²) in [5, 5.41) is 5.41. The summed E-state index contributed by atoms with van der Waals surface area (Å²) in [6.07, 6.45) is -4.31. The van der Waals surface area contributed by atoms with Crippen molar-refractivity contribution in [3.05, 3.63) is 76.9 Å². The Bertz CT molecular complexity index is 1040. The minimum absolute atomic E-state index is 0.0518. The monoisotopic (exact) mass is 399 g/mol. The predicted octanol–water partition coefficient (Wildman–Crippen LogP) is 4.87. The maximum Gasteiger partial charge on any atom is 0.434 e. The Morgan fingerprint density at radius 3 is 2.21 bits per heavy atom.